The Morgan fingerprint density at radius 1 is 0.935 bits per heavy atom. The maximum atomic E-state index is 12.6. The molecule has 154 valence electrons. The minimum absolute atomic E-state index is 0.0313. The van der Waals surface area contributed by atoms with Crippen LogP contribution in [0, 0.1) is 0 Å². The molecule has 31 heavy (non-hydrogen) atoms. The van der Waals surface area contributed by atoms with E-state index in [0.717, 1.165) is 30.2 Å². The van der Waals surface area contributed by atoms with Crippen molar-refractivity contribution in [3.63, 3.8) is 0 Å². The zero-order chi connectivity index (χ0) is 21.2. The van der Waals surface area contributed by atoms with Crippen molar-refractivity contribution in [2.75, 3.05) is 23.3 Å². The minimum atomic E-state index is -0.481. The summed E-state index contributed by atoms with van der Waals surface area (Å²) >= 11 is 0. The monoisotopic (exact) mass is 412 g/mol. The third kappa shape index (κ3) is 3.90. The average molecular weight is 412 g/mol. The van der Waals surface area contributed by atoms with Crippen LogP contribution in [0.25, 0.3) is 22.2 Å². The van der Waals surface area contributed by atoms with Gasteiger partial charge in [0.15, 0.2) is 17.0 Å². The summed E-state index contributed by atoms with van der Waals surface area (Å²) in [7, 11) is 0. The van der Waals surface area contributed by atoms with Gasteiger partial charge in [-0.15, -0.1) is 10.2 Å². The van der Waals surface area contributed by atoms with Gasteiger partial charge >= 0.3 is 0 Å². The predicted molar refractivity (Wildman–Crippen MR) is 119 cm³/mol. The normalized spacial score (nSPS) is 13.5. The highest BCUT2D eigenvalue weighted by atomic mass is 16.3. The molecule has 5 rings (SSSR count). The third-order valence-corrected chi connectivity index (χ3v) is 5.38. The summed E-state index contributed by atoms with van der Waals surface area (Å²) in [5, 5.41) is 11.9. The molecule has 1 fully saturated rings. The van der Waals surface area contributed by atoms with Crippen LogP contribution in [0.2, 0.25) is 0 Å². The quantitative estimate of drug-likeness (QED) is 0.543. The number of nitrogens with one attached hydrogen (secondary N) is 1. The van der Waals surface area contributed by atoms with Crippen LogP contribution in [0.3, 0.4) is 0 Å². The van der Waals surface area contributed by atoms with Crippen molar-refractivity contribution in [2.45, 2.75) is 12.8 Å². The number of nitrogens with zero attached hydrogens (tertiary/aromatic N) is 3. The zero-order valence-electron chi connectivity index (χ0n) is 16.7. The third-order valence-electron chi connectivity index (χ3n) is 5.38. The maximum Gasteiger partial charge on any atom is 0.291 e. The van der Waals surface area contributed by atoms with Crippen LogP contribution in [-0.2, 0) is 0 Å². The molecule has 1 N–H and O–H groups in total. The molecule has 1 aliphatic rings. The van der Waals surface area contributed by atoms with E-state index in [4.69, 9.17) is 4.42 Å². The number of carbonyl (C=O) groups is 1. The molecule has 1 saturated heterocycles. The van der Waals surface area contributed by atoms with E-state index in [1.165, 1.54) is 18.9 Å². The van der Waals surface area contributed by atoms with Gasteiger partial charge in [-0.2, -0.15) is 0 Å². The Kier molecular flexibility index (Phi) is 4.92. The van der Waals surface area contributed by atoms with Crippen LogP contribution in [0.5, 0.6) is 0 Å². The van der Waals surface area contributed by atoms with Crippen LogP contribution < -0.4 is 15.6 Å². The van der Waals surface area contributed by atoms with E-state index in [2.05, 4.69) is 20.4 Å². The number of para-hydroxylation sites is 1. The number of hydrogen-bond acceptors (Lipinski definition) is 6. The number of benzene rings is 2. The summed E-state index contributed by atoms with van der Waals surface area (Å²) < 4.78 is 5.59. The fourth-order valence-electron chi connectivity index (χ4n) is 3.73. The van der Waals surface area contributed by atoms with Gasteiger partial charge in [0.1, 0.15) is 5.58 Å². The maximum absolute atomic E-state index is 12.6. The number of fused-ring (bicyclic) bond motifs is 1. The van der Waals surface area contributed by atoms with E-state index in [1.54, 1.807) is 36.4 Å². The summed E-state index contributed by atoms with van der Waals surface area (Å²) in [5.74, 6) is 0.392. The van der Waals surface area contributed by atoms with E-state index in [0.29, 0.717) is 16.7 Å². The summed E-state index contributed by atoms with van der Waals surface area (Å²) in [5.41, 5.74) is 2.38. The molecule has 1 aliphatic heterocycles. The molecule has 0 radical (unpaired) electrons. The summed E-state index contributed by atoms with van der Waals surface area (Å²) in [4.78, 5) is 27.0. The standard InChI is InChI=1S/C24H20N4O3/c29-20-15-22(31-21-6-2-1-5-18(20)21)24(30)25-17-9-7-16(8-10-17)19-11-12-23(27-26-19)28-13-3-4-14-28/h1-2,5-12,15H,3-4,13-14H2,(H,25,30). The summed E-state index contributed by atoms with van der Waals surface area (Å²) in [6.07, 6.45) is 2.39. The van der Waals surface area contributed by atoms with Gasteiger partial charge in [0, 0.05) is 30.4 Å². The molecule has 1 amide bonds. The van der Waals surface area contributed by atoms with Crippen LogP contribution in [-0.4, -0.2) is 29.2 Å². The Balaban J connectivity index is 1.31. The fourth-order valence-corrected chi connectivity index (χ4v) is 3.73. The van der Waals surface area contributed by atoms with Crippen molar-refractivity contribution < 1.29 is 9.21 Å². The highest BCUT2D eigenvalue weighted by Crippen LogP contribution is 2.23. The Labute approximate surface area is 178 Å². The first-order chi connectivity index (χ1) is 15.2. The molecule has 0 atom stereocenters. The van der Waals surface area contributed by atoms with Crippen LogP contribution >= 0.6 is 0 Å². The topological polar surface area (TPSA) is 88.3 Å². The van der Waals surface area contributed by atoms with E-state index in [1.807, 2.05) is 24.3 Å². The molecule has 3 heterocycles. The summed E-state index contributed by atoms with van der Waals surface area (Å²) in [6, 6.07) is 19.3. The van der Waals surface area contributed by atoms with Gasteiger partial charge in [0.2, 0.25) is 0 Å². The lowest BCUT2D eigenvalue weighted by Gasteiger charge is -2.15. The first-order valence-electron chi connectivity index (χ1n) is 10.2. The van der Waals surface area contributed by atoms with E-state index >= 15 is 0 Å². The number of amides is 1. The highest BCUT2D eigenvalue weighted by molar-refractivity contribution is 6.03. The molecule has 0 unspecified atom stereocenters. The highest BCUT2D eigenvalue weighted by Gasteiger charge is 2.15. The molecule has 0 spiro atoms. The van der Waals surface area contributed by atoms with Gasteiger partial charge in [0.05, 0.1) is 11.1 Å². The molecule has 7 nitrogen and oxygen atoms in total. The van der Waals surface area contributed by atoms with Crippen molar-refractivity contribution in [1.29, 1.82) is 0 Å². The number of hydrogen-bond donors (Lipinski definition) is 1. The molecule has 2 aromatic heterocycles. The lowest BCUT2D eigenvalue weighted by Crippen LogP contribution is -2.19. The SMILES string of the molecule is O=C(Nc1ccc(-c2ccc(N3CCCC3)nn2)cc1)c1cc(=O)c2ccccc2o1. The van der Waals surface area contributed by atoms with Gasteiger partial charge in [-0.25, -0.2) is 0 Å². The minimum Gasteiger partial charge on any atom is -0.451 e. The molecular formula is C24H20N4O3. The van der Waals surface area contributed by atoms with Gasteiger partial charge in [-0.1, -0.05) is 24.3 Å². The molecular weight excluding hydrogens is 392 g/mol. The number of rotatable bonds is 4. The van der Waals surface area contributed by atoms with Crippen molar-refractivity contribution >= 4 is 28.4 Å². The molecule has 0 saturated carbocycles. The first kappa shape index (κ1) is 19.0. The second-order valence-corrected chi connectivity index (χ2v) is 7.47. The van der Waals surface area contributed by atoms with E-state index < -0.39 is 5.91 Å². The van der Waals surface area contributed by atoms with E-state index in [9.17, 15) is 9.59 Å². The lowest BCUT2D eigenvalue weighted by atomic mass is 10.1. The smallest absolute Gasteiger partial charge is 0.291 e. The van der Waals surface area contributed by atoms with Gasteiger partial charge in [0.25, 0.3) is 5.91 Å². The number of anilines is 2. The average Bonchev–Trinajstić information content (AvgIpc) is 3.35. The molecule has 4 aromatic rings. The van der Waals surface area contributed by atoms with Crippen molar-refractivity contribution in [3.8, 4) is 11.3 Å². The van der Waals surface area contributed by atoms with Crippen molar-refractivity contribution in [3.05, 3.63) is 82.7 Å². The fraction of sp³-hybridized carbons (Fsp3) is 0.167. The van der Waals surface area contributed by atoms with Gasteiger partial charge in [-0.05, 0) is 49.2 Å². The number of carbonyl (C=O) groups excluding carboxylic acids is 1. The second-order valence-electron chi connectivity index (χ2n) is 7.47. The van der Waals surface area contributed by atoms with Crippen LogP contribution in [0.15, 0.2) is 75.9 Å². The largest absolute Gasteiger partial charge is 0.451 e. The molecule has 0 bridgehead atoms. The molecule has 2 aromatic carbocycles. The Morgan fingerprint density at radius 3 is 2.45 bits per heavy atom. The van der Waals surface area contributed by atoms with Crippen LogP contribution in [0.1, 0.15) is 23.4 Å². The van der Waals surface area contributed by atoms with Crippen molar-refractivity contribution in [2.24, 2.45) is 0 Å². The van der Waals surface area contributed by atoms with E-state index in [-0.39, 0.29) is 11.2 Å². The first-order valence-corrected chi connectivity index (χ1v) is 10.2. The predicted octanol–water partition coefficient (Wildman–Crippen LogP) is 4.10. The Morgan fingerprint density at radius 2 is 1.71 bits per heavy atom. The molecule has 0 aliphatic carbocycles. The van der Waals surface area contributed by atoms with Crippen molar-refractivity contribution in [1.82, 2.24) is 10.2 Å². The zero-order valence-corrected chi connectivity index (χ0v) is 16.7. The Hall–Kier alpha value is -4.00. The lowest BCUT2D eigenvalue weighted by molar-refractivity contribution is 0.0997. The summed E-state index contributed by atoms with van der Waals surface area (Å²) in [6.45, 7) is 2.06. The van der Waals surface area contributed by atoms with Gasteiger partial charge < -0.3 is 14.6 Å². The van der Waals surface area contributed by atoms with Crippen LogP contribution in [0.4, 0.5) is 11.5 Å². The van der Waals surface area contributed by atoms with Gasteiger partial charge in [-0.3, -0.25) is 9.59 Å². The number of aromatic nitrogens is 2. The molecule has 7 heteroatoms. The Bertz CT molecular complexity index is 1290. The second kappa shape index (κ2) is 8.02.